The van der Waals surface area contributed by atoms with Crippen LogP contribution in [-0.4, -0.2) is 34.5 Å². The highest BCUT2D eigenvalue weighted by atomic mass is 32.1. The standard InChI is InChI=1S/C23H29N3OS/c1-3-4-16(2)25-10-7-17(8-11-25)21-14-26(24)22-6-5-18(13-20(21)22)23(27)19-9-12-28-15-19/h5-6,9,12-17H,3-4,7-8,10-11,24H2,1-2H3. The van der Waals surface area contributed by atoms with Crippen molar-refractivity contribution in [2.45, 2.75) is 51.5 Å². The Labute approximate surface area is 170 Å². The van der Waals surface area contributed by atoms with Crippen LogP contribution in [0.1, 0.15) is 66.9 Å². The molecule has 5 heteroatoms. The number of nitrogen functional groups attached to an aromatic ring is 1. The Morgan fingerprint density at radius 3 is 2.71 bits per heavy atom. The fraction of sp³-hybridized carbons (Fsp3) is 0.435. The van der Waals surface area contributed by atoms with Crippen LogP contribution in [0.5, 0.6) is 0 Å². The summed E-state index contributed by atoms with van der Waals surface area (Å²) in [6.07, 6.45) is 6.87. The Balaban J connectivity index is 1.59. The molecule has 1 unspecified atom stereocenters. The van der Waals surface area contributed by atoms with Crippen molar-refractivity contribution >= 4 is 28.0 Å². The minimum Gasteiger partial charge on any atom is -0.339 e. The van der Waals surface area contributed by atoms with Gasteiger partial charge in [0.1, 0.15) is 0 Å². The Bertz CT molecular complexity index is 952. The second kappa shape index (κ2) is 8.10. The van der Waals surface area contributed by atoms with Crippen LogP contribution < -0.4 is 5.84 Å². The van der Waals surface area contributed by atoms with Crippen molar-refractivity contribution in [3.8, 4) is 0 Å². The minimum absolute atomic E-state index is 0.0853. The zero-order chi connectivity index (χ0) is 19.7. The molecular formula is C23H29N3OS. The second-order valence-electron chi connectivity index (χ2n) is 8.01. The van der Waals surface area contributed by atoms with Crippen molar-refractivity contribution < 1.29 is 4.79 Å². The van der Waals surface area contributed by atoms with Gasteiger partial charge in [-0.25, -0.2) is 0 Å². The maximum absolute atomic E-state index is 12.8. The van der Waals surface area contributed by atoms with E-state index in [1.165, 1.54) is 18.4 Å². The van der Waals surface area contributed by atoms with Crippen molar-refractivity contribution in [1.82, 2.24) is 9.58 Å². The molecule has 2 N–H and O–H groups in total. The zero-order valence-electron chi connectivity index (χ0n) is 16.7. The number of likely N-dealkylation sites (tertiary alicyclic amines) is 1. The smallest absolute Gasteiger partial charge is 0.193 e. The lowest BCUT2D eigenvalue weighted by atomic mass is 9.88. The van der Waals surface area contributed by atoms with Crippen LogP contribution >= 0.6 is 11.3 Å². The van der Waals surface area contributed by atoms with Gasteiger partial charge in [-0.15, -0.1) is 0 Å². The fourth-order valence-corrected chi connectivity index (χ4v) is 5.20. The summed E-state index contributed by atoms with van der Waals surface area (Å²) in [4.78, 5) is 15.4. The van der Waals surface area contributed by atoms with E-state index >= 15 is 0 Å². The molecule has 1 aliphatic heterocycles. The average Bonchev–Trinajstić information content (AvgIpc) is 3.36. The van der Waals surface area contributed by atoms with E-state index < -0.39 is 0 Å². The zero-order valence-corrected chi connectivity index (χ0v) is 17.5. The van der Waals surface area contributed by atoms with Crippen LogP contribution in [0.15, 0.2) is 41.2 Å². The van der Waals surface area contributed by atoms with Crippen molar-refractivity contribution in [3.63, 3.8) is 0 Å². The molecule has 3 heterocycles. The molecular weight excluding hydrogens is 366 g/mol. The van der Waals surface area contributed by atoms with E-state index in [1.807, 2.05) is 35.0 Å². The fourth-order valence-electron chi connectivity index (χ4n) is 4.56. The van der Waals surface area contributed by atoms with Gasteiger partial charge in [0.25, 0.3) is 0 Å². The lowest BCUT2D eigenvalue weighted by molar-refractivity contribution is 0.103. The van der Waals surface area contributed by atoms with E-state index in [-0.39, 0.29) is 5.78 Å². The molecule has 3 aromatic rings. The van der Waals surface area contributed by atoms with Crippen molar-refractivity contribution in [2.75, 3.05) is 18.9 Å². The highest BCUT2D eigenvalue weighted by molar-refractivity contribution is 7.08. The predicted molar refractivity (Wildman–Crippen MR) is 118 cm³/mol. The summed E-state index contributed by atoms with van der Waals surface area (Å²) in [7, 11) is 0. The normalized spacial score (nSPS) is 17.2. The van der Waals surface area contributed by atoms with E-state index in [0.717, 1.165) is 48.0 Å². The van der Waals surface area contributed by atoms with Crippen LogP contribution in [-0.2, 0) is 0 Å². The number of nitrogens with zero attached hydrogens (tertiary/aromatic N) is 2. The molecule has 4 rings (SSSR count). The van der Waals surface area contributed by atoms with Gasteiger partial charge in [-0.05, 0) is 80.4 Å². The molecule has 0 aliphatic carbocycles. The Morgan fingerprint density at radius 2 is 2.04 bits per heavy atom. The van der Waals surface area contributed by atoms with Gasteiger partial charge in [-0.3, -0.25) is 9.47 Å². The molecule has 0 spiro atoms. The van der Waals surface area contributed by atoms with Gasteiger partial charge in [0.2, 0.25) is 0 Å². The highest BCUT2D eigenvalue weighted by Gasteiger charge is 2.26. The summed E-state index contributed by atoms with van der Waals surface area (Å²) in [5.74, 6) is 6.83. The number of rotatable bonds is 6. The summed E-state index contributed by atoms with van der Waals surface area (Å²) in [5.41, 5.74) is 3.79. The van der Waals surface area contributed by atoms with Crippen LogP contribution in [0.2, 0.25) is 0 Å². The number of nitrogens with two attached hydrogens (primary N) is 1. The SMILES string of the molecule is CCCC(C)N1CCC(c2cn(N)c3ccc(C(=O)c4ccsc4)cc23)CC1. The summed E-state index contributed by atoms with van der Waals surface area (Å²) in [6, 6.07) is 8.47. The number of carbonyl (C=O) groups excluding carboxylic acids is 1. The number of thiophene rings is 1. The first-order valence-corrected chi connectivity index (χ1v) is 11.2. The monoisotopic (exact) mass is 395 g/mol. The molecule has 2 aromatic heterocycles. The van der Waals surface area contributed by atoms with Gasteiger partial charge >= 0.3 is 0 Å². The number of hydrogen-bond donors (Lipinski definition) is 1. The highest BCUT2D eigenvalue weighted by Crippen LogP contribution is 2.35. The summed E-state index contributed by atoms with van der Waals surface area (Å²) in [6.45, 7) is 6.87. The second-order valence-corrected chi connectivity index (χ2v) is 8.79. The molecule has 0 radical (unpaired) electrons. The maximum Gasteiger partial charge on any atom is 0.193 e. The lowest BCUT2D eigenvalue weighted by Crippen LogP contribution is -2.39. The van der Waals surface area contributed by atoms with Crippen LogP contribution in [0.25, 0.3) is 10.9 Å². The van der Waals surface area contributed by atoms with Crippen molar-refractivity contribution in [2.24, 2.45) is 0 Å². The molecule has 0 amide bonds. The molecule has 1 saturated heterocycles. The number of aromatic nitrogens is 1. The van der Waals surface area contributed by atoms with Gasteiger partial charge < -0.3 is 10.7 Å². The molecule has 148 valence electrons. The van der Waals surface area contributed by atoms with E-state index in [9.17, 15) is 4.79 Å². The number of piperidine rings is 1. The molecule has 28 heavy (non-hydrogen) atoms. The quantitative estimate of drug-likeness (QED) is 0.471. The molecule has 0 bridgehead atoms. The largest absolute Gasteiger partial charge is 0.339 e. The Kier molecular flexibility index (Phi) is 5.56. The van der Waals surface area contributed by atoms with Crippen molar-refractivity contribution in [1.29, 1.82) is 0 Å². The first kappa shape index (κ1) is 19.2. The van der Waals surface area contributed by atoms with Gasteiger partial charge in [-0.1, -0.05) is 13.3 Å². The molecule has 1 aromatic carbocycles. The molecule has 1 fully saturated rings. The average molecular weight is 396 g/mol. The maximum atomic E-state index is 12.8. The van der Waals surface area contributed by atoms with Crippen LogP contribution in [0.3, 0.4) is 0 Å². The van der Waals surface area contributed by atoms with Gasteiger partial charge in [0, 0.05) is 34.1 Å². The third kappa shape index (κ3) is 3.61. The Morgan fingerprint density at radius 1 is 1.25 bits per heavy atom. The predicted octanol–water partition coefficient (Wildman–Crippen LogP) is 5.02. The van der Waals surface area contributed by atoms with Gasteiger partial charge in [0.15, 0.2) is 5.78 Å². The Hall–Kier alpha value is -2.11. The third-order valence-corrected chi connectivity index (χ3v) is 6.89. The number of benzene rings is 1. The summed E-state index contributed by atoms with van der Waals surface area (Å²) < 4.78 is 1.72. The van der Waals surface area contributed by atoms with E-state index in [0.29, 0.717) is 12.0 Å². The molecule has 1 aliphatic rings. The lowest BCUT2D eigenvalue weighted by Gasteiger charge is -2.36. The van der Waals surface area contributed by atoms with Gasteiger partial charge in [0.05, 0.1) is 5.52 Å². The van der Waals surface area contributed by atoms with E-state index in [4.69, 9.17) is 5.84 Å². The number of carbonyl (C=O) groups is 1. The molecule has 4 nitrogen and oxygen atoms in total. The van der Waals surface area contributed by atoms with Crippen molar-refractivity contribution in [3.05, 3.63) is 57.9 Å². The third-order valence-electron chi connectivity index (χ3n) is 6.21. The first-order valence-electron chi connectivity index (χ1n) is 10.3. The van der Waals surface area contributed by atoms with E-state index in [2.05, 4.69) is 24.9 Å². The van der Waals surface area contributed by atoms with Gasteiger partial charge in [-0.2, -0.15) is 11.3 Å². The first-order chi connectivity index (χ1) is 13.6. The number of fused-ring (bicyclic) bond motifs is 1. The summed E-state index contributed by atoms with van der Waals surface area (Å²) in [5, 5.41) is 4.99. The molecule has 1 atom stereocenters. The van der Waals surface area contributed by atoms with Crippen LogP contribution in [0, 0.1) is 0 Å². The topological polar surface area (TPSA) is 51.3 Å². The number of ketones is 1. The van der Waals surface area contributed by atoms with Crippen LogP contribution in [0.4, 0.5) is 0 Å². The number of hydrogen-bond acceptors (Lipinski definition) is 4. The van der Waals surface area contributed by atoms with E-state index in [1.54, 1.807) is 16.0 Å². The minimum atomic E-state index is 0.0853. The summed E-state index contributed by atoms with van der Waals surface area (Å²) >= 11 is 1.55. The molecule has 0 saturated carbocycles.